The van der Waals surface area contributed by atoms with Crippen LogP contribution in [0.5, 0.6) is 5.75 Å². The van der Waals surface area contributed by atoms with Crippen LogP contribution in [0.3, 0.4) is 0 Å². The van der Waals surface area contributed by atoms with Crippen molar-refractivity contribution >= 4 is 27.6 Å². The summed E-state index contributed by atoms with van der Waals surface area (Å²) < 4.78 is 31.6. The fourth-order valence-corrected chi connectivity index (χ4v) is 3.48. The van der Waals surface area contributed by atoms with Crippen LogP contribution < -0.4 is 9.46 Å². The van der Waals surface area contributed by atoms with E-state index in [0.29, 0.717) is 17.0 Å². The fraction of sp³-hybridized carbons (Fsp3) is 0.318. The van der Waals surface area contributed by atoms with Gasteiger partial charge in [0.05, 0.1) is 11.8 Å². The largest absolute Gasteiger partial charge is 0.475 e. The summed E-state index contributed by atoms with van der Waals surface area (Å²) in [4.78, 5) is 15.0. The minimum absolute atomic E-state index is 0.233. The Bertz CT molecular complexity index is 952. The van der Waals surface area contributed by atoms with Crippen molar-refractivity contribution in [3.8, 4) is 5.75 Å². The summed E-state index contributed by atoms with van der Waals surface area (Å²) in [6.45, 7) is 7.61. The molecule has 156 valence electrons. The van der Waals surface area contributed by atoms with Crippen molar-refractivity contribution in [1.82, 2.24) is 4.90 Å². The first-order valence-electron chi connectivity index (χ1n) is 9.53. The molecule has 6 nitrogen and oxygen atoms in total. The summed E-state index contributed by atoms with van der Waals surface area (Å²) in [5.74, 6) is 0.138. The third kappa shape index (κ3) is 7.03. The Hall–Kier alpha value is -2.64. The first-order valence-corrected chi connectivity index (χ1v) is 11.4. The maximum Gasteiger partial charge on any atom is 0.229 e. The van der Waals surface area contributed by atoms with Gasteiger partial charge >= 0.3 is 0 Å². The third-order valence-corrected chi connectivity index (χ3v) is 5.01. The average Bonchev–Trinajstić information content (AvgIpc) is 2.68. The van der Waals surface area contributed by atoms with Gasteiger partial charge < -0.3 is 4.74 Å². The van der Waals surface area contributed by atoms with Crippen LogP contribution in [-0.2, 0) is 10.0 Å². The van der Waals surface area contributed by atoms with Gasteiger partial charge in [0.25, 0.3) is 0 Å². The maximum absolute atomic E-state index is 12.9. The highest BCUT2D eigenvalue weighted by Gasteiger charge is 2.18. The molecule has 7 heteroatoms. The van der Waals surface area contributed by atoms with Crippen LogP contribution in [0.1, 0.15) is 36.7 Å². The van der Waals surface area contributed by atoms with Crippen molar-refractivity contribution in [3.63, 3.8) is 0 Å². The summed E-state index contributed by atoms with van der Waals surface area (Å²) in [7, 11) is -3.46. The van der Waals surface area contributed by atoms with E-state index in [4.69, 9.17) is 4.74 Å². The van der Waals surface area contributed by atoms with E-state index in [1.54, 1.807) is 18.2 Å². The summed E-state index contributed by atoms with van der Waals surface area (Å²) in [6, 6.07) is 14.2. The zero-order valence-corrected chi connectivity index (χ0v) is 18.1. The van der Waals surface area contributed by atoms with Crippen molar-refractivity contribution < 1.29 is 17.9 Å². The molecular formula is C22H28N2O4S. The Morgan fingerprint density at radius 3 is 2.38 bits per heavy atom. The standard InChI is InChI=1S/C22H28N2O4S/c1-5-24(6-2)17(3)28-22-15-13-19(23-29(4,26)27)16-20(22)21(25)14-12-18-10-8-7-9-11-18/h7-17,23H,5-6H2,1-4H3. The van der Waals surface area contributed by atoms with E-state index < -0.39 is 10.0 Å². The zero-order valence-electron chi connectivity index (χ0n) is 17.3. The van der Waals surface area contributed by atoms with E-state index >= 15 is 0 Å². The minimum Gasteiger partial charge on any atom is -0.475 e. The number of hydrogen-bond acceptors (Lipinski definition) is 5. The SMILES string of the molecule is CCN(CC)C(C)Oc1ccc(NS(C)(=O)=O)cc1C(=O)C=Cc1ccccc1. The second kappa shape index (κ2) is 10.2. The Morgan fingerprint density at radius 1 is 1.14 bits per heavy atom. The van der Waals surface area contributed by atoms with Crippen molar-refractivity contribution in [3.05, 3.63) is 65.7 Å². The monoisotopic (exact) mass is 416 g/mol. The Kier molecular flexibility index (Phi) is 7.99. The molecule has 0 fully saturated rings. The molecule has 0 spiro atoms. The van der Waals surface area contributed by atoms with Gasteiger partial charge in [-0.2, -0.15) is 0 Å². The predicted molar refractivity (Wildman–Crippen MR) is 118 cm³/mol. The number of carbonyl (C=O) groups is 1. The molecule has 0 aliphatic carbocycles. The molecular weight excluding hydrogens is 388 g/mol. The van der Waals surface area contributed by atoms with E-state index in [1.807, 2.05) is 51.1 Å². The van der Waals surface area contributed by atoms with Gasteiger partial charge in [0.2, 0.25) is 10.0 Å². The Morgan fingerprint density at radius 2 is 1.79 bits per heavy atom. The van der Waals surface area contributed by atoms with Crippen molar-refractivity contribution in [1.29, 1.82) is 0 Å². The molecule has 0 aliphatic heterocycles. The van der Waals surface area contributed by atoms with Crippen molar-refractivity contribution in [2.45, 2.75) is 27.0 Å². The number of hydrogen-bond donors (Lipinski definition) is 1. The van der Waals surface area contributed by atoms with Crippen molar-refractivity contribution in [2.24, 2.45) is 0 Å². The van der Waals surface area contributed by atoms with Gasteiger partial charge in [0, 0.05) is 5.69 Å². The number of allylic oxidation sites excluding steroid dienone is 1. The van der Waals surface area contributed by atoms with E-state index in [-0.39, 0.29) is 12.0 Å². The predicted octanol–water partition coefficient (Wildman–Crippen LogP) is 4.02. The number of rotatable bonds is 10. The highest BCUT2D eigenvalue weighted by Crippen LogP contribution is 2.26. The number of nitrogens with zero attached hydrogens (tertiary/aromatic N) is 1. The number of carbonyl (C=O) groups excluding carboxylic acids is 1. The van der Waals surface area contributed by atoms with E-state index in [1.165, 1.54) is 12.1 Å². The molecule has 2 aromatic carbocycles. The third-order valence-electron chi connectivity index (χ3n) is 4.40. The van der Waals surface area contributed by atoms with Crippen LogP contribution in [0.25, 0.3) is 6.08 Å². The van der Waals surface area contributed by atoms with Crippen LogP contribution >= 0.6 is 0 Å². The summed E-state index contributed by atoms with van der Waals surface area (Å²) in [5.41, 5.74) is 1.50. The molecule has 0 aliphatic rings. The number of ether oxygens (including phenoxy) is 1. The highest BCUT2D eigenvalue weighted by atomic mass is 32.2. The smallest absolute Gasteiger partial charge is 0.229 e. The topological polar surface area (TPSA) is 75.7 Å². The first kappa shape index (κ1) is 22.6. The highest BCUT2D eigenvalue weighted by molar-refractivity contribution is 7.92. The Balaban J connectivity index is 2.36. The maximum atomic E-state index is 12.9. The van der Waals surface area contributed by atoms with E-state index in [9.17, 15) is 13.2 Å². The quantitative estimate of drug-likeness (QED) is 0.360. The van der Waals surface area contributed by atoms with E-state index in [2.05, 4.69) is 9.62 Å². The molecule has 1 unspecified atom stereocenters. The van der Waals surface area contributed by atoms with Gasteiger partial charge in [-0.05, 0) is 49.9 Å². The summed E-state index contributed by atoms with van der Waals surface area (Å²) >= 11 is 0. The first-order chi connectivity index (χ1) is 13.7. The number of nitrogens with one attached hydrogen (secondary N) is 1. The van der Waals surface area contributed by atoms with Gasteiger partial charge in [0.1, 0.15) is 12.0 Å². The second-order valence-electron chi connectivity index (χ2n) is 6.63. The molecule has 1 N–H and O–H groups in total. The lowest BCUT2D eigenvalue weighted by Gasteiger charge is -2.27. The summed E-state index contributed by atoms with van der Waals surface area (Å²) in [6.07, 6.45) is 4.01. The number of sulfonamides is 1. The van der Waals surface area contributed by atoms with Gasteiger partial charge in [-0.3, -0.25) is 14.4 Å². The van der Waals surface area contributed by atoms with Crippen LogP contribution in [0.15, 0.2) is 54.6 Å². The molecule has 0 aromatic heterocycles. The lowest BCUT2D eigenvalue weighted by atomic mass is 10.1. The molecule has 0 heterocycles. The summed E-state index contributed by atoms with van der Waals surface area (Å²) in [5, 5.41) is 0. The molecule has 29 heavy (non-hydrogen) atoms. The normalized spacial score (nSPS) is 12.9. The van der Waals surface area contributed by atoms with Crippen LogP contribution in [-0.4, -0.2) is 44.7 Å². The Labute approximate surface area is 173 Å². The van der Waals surface area contributed by atoms with Crippen LogP contribution in [0.4, 0.5) is 5.69 Å². The van der Waals surface area contributed by atoms with Gasteiger partial charge in [-0.25, -0.2) is 8.42 Å². The zero-order chi connectivity index (χ0) is 21.4. The molecule has 0 saturated heterocycles. The number of ketones is 1. The van der Waals surface area contributed by atoms with Gasteiger partial charge in [0.15, 0.2) is 5.78 Å². The molecule has 0 radical (unpaired) electrons. The van der Waals surface area contributed by atoms with Gasteiger partial charge in [-0.1, -0.05) is 50.3 Å². The number of benzene rings is 2. The van der Waals surface area contributed by atoms with Crippen LogP contribution in [0, 0.1) is 0 Å². The molecule has 1 atom stereocenters. The van der Waals surface area contributed by atoms with E-state index in [0.717, 1.165) is 24.9 Å². The fourth-order valence-electron chi connectivity index (χ4n) is 2.92. The minimum atomic E-state index is -3.46. The molecule has 2 rings (SSSR count). The molecule has 0 bridgehead atoms. The van der Waals surface area contributed by atoms with Crippen LogP contribution in [0.2, 0.25) is 0 Å². The second-order valence-corrected chi connectivity index (χ2v) is 8.38. The lowest BCUT2D eigenvalue weighted by molar-refractivity contribution is 0.0472. The van der Waals surface area contributed by atoms with Gasteiger partial charge in [-0.15, -0.1) is 0 Å². The number of anilines is 1. The molecule has 2 aromatic rings. The molecule has 0 amide bonds. The van der Waals surface area contributed by atoms with Crippen molar-refractivity contribution in [2.75, 3.05) is 24.1 Å². The lowest BCUT2D eigenvalue weighted by Crippen LogP contribution is -2.37. The average molecular weight is 417 g/mol. The molecule has 0 saturated carbocycles.